The molecule has 0 aromatic heterocycles. The average molecular weight is 378 g/mol. The molecule has 2 amide bonds. The Kier molecular flexibility index (Phi) is 4.43. The molecule has 0 bridgehead atoms. The smallest absolute Gasteiger partial charge is 0.327 e. The summed E-state index contributed by atoms with van der Waals surface area (Å²) in [6, 6.07) is 3.81. The first kappa shape index (κ1) is 18.2. The van der Waals surface area contributed by atoms with Crippen LogP contribution in [0.15, 0.2) is 24.3 Å². The van der Waals surface area contributed by atoms with E-state index in [-0.39, 0.29) is 5.75 Å². The quantitative estimate of drug-likeness (QED) is 0.383. The van der Waals surface area contributed by atoms with Gasteiger partial charge in [0.05, 0.1) is 0 Å². The number of aliphatic carboxylic acids is 1. The first-order valence-electron chi connectivity index (χ1n) is 7.95. The summed E-state index contributed by atoms with van der Waals surface area (Å²) in [6.07, 6.45) is 0.467. The number of phenolic OH excluding ortho intramolecular Hbond substituents is 1. The Morgan fingerprint density at radius 2 is 1.92 bits per heavy atom. The van der Waals surface area contributed by atoms with E-state index in [0.717, 1.165) is 0 Å². The van der Waals surface area contributed by atoms with Gasteiger partial charge in [-0.15, -0.1) is 11.8 Å². The van der Waals surface area contributed by atoms with Crippen LogP contribution < -0.4 is 5.32 Å². The predicted molar refractivity (Wildman–Crippen MR) is 92.6 cm³/mol. The number of carboxylic acid groups (broad SMARTS) is 1. The highest BCUT2D eigenvalue weighted by molar-refractivity contribution is 8.01. The number of carbonyl (C=O) groups excluding carboxylic acids is 3. The Balaban J connectivity index is 1.75. The minimum absolute atomic E-state index is 0.00733. The average Bonchev–Trinajstić information content (AvgIpc) is 2.83. The molecule has 1 aromatic rings. The van der Waals surface area contributed by atoms with Crippen LogP contribution in [0.4, 0.5) is 0 Å². The lowest BCUT2D eigenvalue weighted by molar-refractivity contribution is -0.161. The van der Waals surface area contributed by atoms with Gasteiger partial charge in [0.25, 0.3) is 0 Å². The van der Waals surface area contributed by atoms with Crippen molar-refractivity contribution in [1.82, 2.24) is 10.2 Å². The molecule has 2 aliphatic heterocycles. The van der Waals surface area contributed by atoms with Gasteiger partial charge in [-0.05, 0) is 31.5 Å². The van der Waals surface area contributed by atoms with Gasteiger partial charge >= 0.3 is 5.97 Å². The Bertz CT molecular complexity index is 778. The summed E-state index contributed by atoms with van der Waals surface area (Å²) in [5, 5.41) is 20.8. The summed E-state index contributed by atoms with van der Waals surface area (Å²) in [7, 11) is 0. The second-order valence-electron chi connectivity index (χ2n) is 6.79. The third-order valence-corrected chi connectivity index (χ3v) is 6.21. The number of fused-ring (bicyclic) bond motifs is 1. The van der Waals surface area contributed by atoms with E-state index in [1.807, 2.05) is 0 Å². The van der Waals surface area contributed by atoms with Gasteiger partial charge in [0.1, 0.15) is 35.4 Å². The summed E-state index contributed by atoms with van der Waals surface area (Å²) in [5.74, 6) is -3.30. The Morgan fingerprint density at radius 3 is 2.46 bits per heavy atom. The molecule has 4 atom stereocenters. The van der Waals surface area contributed by atoms with Crippen LogP contribution in [0.3, 0.4) is 0 Å². The van der Waals surface area contributed by atoms with Crippen molar-refractivity contribution in [2.24, 2.45) is 0 Å². The molecule has 2 aliphatic rings. The van der Waals surface area contributed by atoms with E-state index in [4.69, 9.17) is 0 Å². The second-order valence-corrected chi connectivity index (χ2v) is 8.56. The van der Waals surface area contributed by atoms with Gasteiger partial charge in [-0.3, -0.25) is 9.59 Å². The molecule has 4 unspecified atom stereocenters. The number of thioether (sulfide) groups is 1. The van der Waals surface area contributed by atoms with E-state index in [0.29, 0.717) is 11.8 Å². The Hall–Kier alpha value is -2.55. The number of hydrogen-bond acceptors (Lipinski definition) is 6. The van der Waals surface area contributed by atoms with Crippen molar-refractivity contribution in [2.45, 2.75) is 42.0 Å². The van der Waals surface area contributed by atoms with Crippen molar-refractivity contribution < 1.29 is 29.4 Å². The van der Waals surface area contributed by atoms with Gasteiger partial charge in [-0.2, -0.15) is 0 Å². The number of aldehydes is 1. The molecule has 0 aliphatic carbocycles. The lowest BCUT2D eigenvalue weighted by Gasteiger charge is -2.43. The van der Waals surface area contributed by atoms with Crippen LogP contribution in [-0.2, 0) is 19.2 Å². The fourth-order valence-corrected chi connectivity index (χ4v) is 4.99. The third kappa shape index (κ3) is 2.82. The van der Waals surface area contributed by atoms with E-state index < -0.39 is 45.9 Å². The van der Waals surface area contributed by atoms with Gasteiger partial charge in [0.15, 0.2) is 0 Å². The molecule has 0 saturated carbocycles. The first-order chi connectivity index (χ1) is 12.2. The summed E-state index contributed by atoms with van der Waals surface area (Å²) in [5.41, 5.74) is 0.391. The minimum Gasteiger partial charge on any atom is -0.508 e. The fourth-order valence-electron chi connectivity index (χ4n) is 3.36. The summed E-state index contributed by atoms with van der Waals surface area (Å²) in [6.45, 7) is 3.48. The summed E-state index contributed by atoms with van der Waals surface area (Å²) >= 11 is 1.31. The van der Waals surface area contributed by atoms with Crippen LogP contribution >= 0.6 is 11.8 Å². The number of β-lactam (4-membered cyclic amide) rings is 1. The highest BCUT2D eigenvalue weighted by Crippen LogP contribution is 2.50. The van der Waals surface area contributed by atoms with Crippen molar-refractivity contribution in [3.63, 3.8) is 0 Å². The third-order valence-electron chi connectivity index (χ3n) is 4.64. The standard InChI is InChI=1S/C17H18N2O6S/c1-17(2)12(16(24)25)19-14(23)11(15(19)26-17)18-13(22)10(7-20)8-3-5-9(21)6-4-8/h3-7,10-12,15,21H,1-2H3,(H,18,22)(H,24,25). The predicted octanol–water partition coefficient (Wildman–Crippen LogP) is 0.306. The largest absolute Gasteiger partial charge is 0.508 e. The van der Waals surface area contributed by atoms with E-state index in [1.165, 1.54) is 40.9 Å². The number of nitrogens with zero attached hydrogens (tertiary/aromatic N) is 1. The molecular weight excluding hydrogens is 360 g/mol. The molecule has 138 valence electrons. The molecule has 2 saturated heterocycles. The molecule has 3 N–H and O–H groups in total. The SMILES string of the molecule is CC1(C)SC2C(NC(=O)C(C=O)c3ccc(O)cc3)C(=O)N2C1C(=O)O. The van der Waals surface area contributed by atoms with Crippen LogP contribution in [0.2, 0.25) is 0 Å². The molecule has 8 nitrogen and oxygen atoms in total. The zero-order valence-electron chi connectivity index (χ0n) is 14.1. The number of phenols is 1. The Morgan fingerprint density at radius 1 is 1.31 bits per heavy atom. The van der Waals surface area contributed by atoms with Gasteiger partial charge in [-0.25, -0.2) is 4.79 Å². The second kappa shape index (κ2) is 6.31. The van der Waals surface area contributed by atoms with E-state index >= 15 is 0 Å². The van der Waals surface area contributed by atoms with Gasteiger partial charge in [-0.1, -0.05) is 12.1 Å². The summed E-state index contributed by atoms with van der Waals surface area (Å²) < 4.78 is -0.688. The number of hydrogen-bond donors (Lipinski definition) is 3. The minimum atomic E-state index is -1.12. The molecule has 3 rings (SSSR count). The molecule has 1 aromatic carbocycles. The molecule has 0 radical (unpaired) electrons. The number of amides is 2. The van der Waals surface area contributed by atoms with Crippen molar-refractivity contribution >= 4 is 35.8 Å². The van der Waals surface area contributed by atoms with Crippen molar-refractivity contribution in [3.05, 3.63) is 29.8 Å². The number of carbonyl (C=O) groups is 4. The lowest BCUT2D eigenvalue weighted by Crippen LogP contribution is -2.70. The van der Waals surface area contributed by atoms with Crippen molar-refractivity contribution in [3.8, 4) is 5.75 Å². The van der Waals surface area contributed by atoms with E-state index in [9.17, 15) is 29.4 Å². The van der Waals surface area contributed by atoms with Gasteiger partial charge in [0.2, 0.25) is 11.8 Å². The fraction of sp³-hybridized carbons (Fsp3) is 0.412. The van der Waals surface area contributed by atoms with Crippen LogP contribution in [0, 0.1) is 0 Å². The maximum absolute atomic E-state index is 12.5. The van der Waals surface area contributed by atoms with E-state index in [1.54, 1.807) is 13.8 Å². The normalized spacial score (nSPS) is 27.2. The lowest BCUT2D eigenvalue weighted by atomic mass is 9.94. The molecule has 26 heavy (non-hydrogen) atoms. The van der Waals surface area contributed by atoms with Crippen molar-refractivity contribution in [1.29, 1.82) is 0 Å². The monoisotopic (exact) mass is 378 g/mol. The van der Waals surface area contributed by atoms with Crippen LogP contribution in [-0.4, -0.2) is 61.4 Å². The number of benzene rings is 1. The van der Waals surface area contributed by atoms with Gasteiger partial charge in [0, 0.05) is 4.75 Å². The number of rotatable bonds is 5. The molecule has 2 heterocycles. The summed E-state index contributed by atoms with van der Waals surface area (Å²) in [4.78, 5) is 49.0. The number of carboxylic acids is 1. The zero-order chi connectivity index (χ0) is 19.2. The number of nitrogens with one attached hydrogen (secondary N) is 1. The maximum atomic E-state index is 12.5. The molecular formula is C17H18N2O6S. The van der Waals surface area contributed by atoms with Gasteiger partial charge < -0.3 is 25.2 Å². The van der Waals surface area contributed by atoms with Crippen LogP contribution in [0.25, 0.3) is 0 Å². The van der Waals surface area contributed by atoms with Crippen molar-refractivity contribution in [2.75, 3.05) is 0 Å². The van der Waals surface area contributed by atoms with Crippen LogP contribution in [0.5, 0.6) is 5.75 Å². The zero-order valence-corrected chi connectivity index (χ0v) is 14.9. The Labute approximate surface area is 153 Å². The molecule has 2 fully saturated rings. The molecule has 9 heteroatoms. The highest BCUT2D eigenvalue weighted by atomic mass is 32.2. The topological polar surface area (TPSA) is 124 Å². The van der Waals surface area contributed by atoms with Crippen LogP contribution in [0.1, 0.15) is 25.3 Å². The maximum Gasteiger partial charge on any atom is 0.327 e. The highest BCUT2D eigenvalue weighted by Gasteiger charge is 2.64. The number of aromatic hydroxyl groups is 1. The van der Waals surface area contributed by atoms with E-state index in [2.05, 4.69) is 5.32 Å². The first-order valence-corrected chi connectivity index (χ1v) is 8.82. The molecule has 0 spiro atoms.